The van der Waals surface area contributed by atoms with Crippen LogP contribution >= 0.6 is 11.6 Å². The second-order valence-corrected chi connectivity index (χ2v) is 4.86. The van der Waals surface area contributed by atoms with Crippen LogP contribution in [0.15, 0.2) is 18.2 Å². The topological polar surface area (TPSA) is 59.6 Å². The molecule has 0 spiro atoms. The summed E-state index contributed by atoms with van der Waals surface area (Å²) in [5.41, 5.74) is 0.842. The van der Waals surface area contributed by atoms with E-state index in [2.05, 4.69) is 10.6 Å². The average Bonchev–Trinajstić information content (AvgIpc) is 2.40. The average molecular weight is 301 g/mol. The Morgan fingerprint density at radius 3 is 2.80 bits per heavy atom. The number of benzene rings is 1. The summed E-state index contributed by atoms with van der Waals surface area (Å²) in [5, 5.41) is 6.48. The Bertz CT molecular complexity index is 440. The molecule has 6 heteroatoms. The van der Waals surface area contributed by atoms with Gasteiger partial charge in [0.2, 0.25) is 5.91 Å². The van der Waals surface area contributed by atoms with Gasteiger partial charge in [-0.05, 0) is 19.1 Å². The first-order valence-electron chi connectivity index (χ1n) is 6.38. The van der Waals surface area contributed by atoms with Gasteiger partial charge in [0.1, 0.15) is 5.75 Å². The van der Waals surface area contributed by atoms with Crippen molar-refractivity contribution in [3.63, 3.8) is 0 Å². The minimum Gasteiger partial charge on any atom is -0.496 e. The van der Waals surface area contributed by atoms with Gasteiger partial charge in [0.05, 0.1) is 20.3 Å². The number of ether oxygens (including phenoxy) is 2. The summed E-state index contributed by atoms with van der Waals surface area (Å²) in [6.07, 6.45) is 0. The first-order chi connectivity index (χ1) is 9.58. The first kappa shape index (κ1) is 16.8. The van der Waals surface area contributed by atoms with E-state index >= 15 is 0 Å². The smallest absolute Gasteiger partial charge is 0.234 e. The number of halogens is 1. The Balaban J connectivity index is 2.43. The van der Waals surface area contributed by atoms with Gasteiger partial charge in [0.15, 0.2) is 0 Å². The Morgan fingerprint density at radius 2 is 2.15 bits per heavy atom. The van der Waals surface area contributed by atoms with Crippen molar-refractivity contribution in [3.8, 4) is 5.75 Å². The molecule has 0 saturated heterocycles. The maximum Gasteiger partial charge on any atom is 0.234 e. The molecule has 0 heterocycles. The normalized spacial score (nSPS) is 12.0. The number of amides is 1. The van der Waals surface area contributed by atoms with Crippen LogP contribution in [0.1, 0.15) is 12.5 Å². The highest BCUT2D eigenvalue weighted by Gasteiger charge is 2.09. The molecule has 0 aliphatic carbocycles. The van der Waals surface area contributed by atoms with Gasteiger partial charge in [-0.2, -0.15) is 0 Å². The van der Waals surface area contributed by atoms with E-state index in [0.717, 1.165) is 5.56 Å². The van der Waals surface area contributed by atoms with E-state index in [-0.39, 0.29) is 18.5 Å². The second-order valence-electron chi connectivity index (χ2n) is 4.45. The highest BCUT2D eigenvalue weighted by atomic mass is 35.5. The van der Waals surface area contributed by atoms with Gasteiger partial charge >= 0.3 is 0 Å². The van der Waals surface area contributed by atoms with Crippen molar-refractivity contribution < 1.29 is 14.3 Å². The van der Waals surface area contributed by atoms with Crippen molar-refractivity contribution in [1.82, 2.24) is 10.6 Å². The van der Waals surface area contributed by atoms with E-state index in [0.29, 0.717) is 23.9 Å². The van der Waals surface area contributed by atoms with Crippen molar-refractivity contribution in [2.45, 2.75) is 19.5 Å². The molecule has 1 unspecified atom stereocenters. The van der Waals surface area contributed by atoms with Crippen LogP contribution in [0.3, 0.4) is 0 Å². The van der Waals surface area contributed by atoms with Gasteiger partial charge in [0, 0.05) is 30.3 Å². The molecule has 1 amide bonds. The predicted octanol–water partition coefficient (Wildman–Crippen LogP) is 1.59. The summed E-state index contributed by atoms with van der Waals surface area (Å²) in [5.74, 6) is 0.624. The van der Waals surface area contributed by atoms with Gasteiger partial charge in [-0.1, -0.05) is 17.7 Å². The van der Waals surface area contributed by atoms with Crippen LogP contribution in [0.25, 0.3) is 0 Å². The van der Waals surface area contributed by atoms with Gasteiger partial charge in [-0.3, -0.25) is 4.79 Å². The summed E-state index contributed by atoms with van der Waals surface area (Å²) in [6.45, 7) is 3.06. The maximum absolute atomic E-state index is 11.7. The minimum atomic E-state index is -0.0828. The third-order valence-electron chi connectivity index (χ3n) is 2.71. The zero-order chi connectivity index (χ0) is 15.0. The molecule has 1 aromatic carbocycles. The molecule has 1 aromatic rings. The number of carbonyl (C=O) groups is 1. The maximum atomic E-state index is 11.7. The lowest BCUT2D eigenvalue weighted by Gasteiger charge is -2.14. The summed E-state index contributed by atoms with van der Waals surface area (Å²) in [4.78, 5) is 11.7. The molecule has 0 bridgehead atoms. The number of nitrogens with one attached hydrogen (secondary N) is 2. The molecule has 0 fully saturated rings. The quantitative estimate of drug-likeness (QED) is 0.765. The predicted molar refractivity (Wildman–Crippen MR) is 79.2 cm³/mol. The lowest BCUT2D eigenvalue weighted by atomic mass is 10.2. The molecule has 0 aromatic heterocycles. The summed E-state index contributed by atoms with van der Waals surface area (Å²) in [7, 11) is 3.19. The fourth-order valence-corrected chi connectivity index (χ4v) is 2.05. The van der Waals surface area contributed by atoms with Gasteiger partial charge in [-0.15, -0.1) is 0 Å². The van der Waals surface area contributed by atoms with E-state index in [4.69, 9.17) is 21.1 Å². The molecular weight excluding hydrogens is 280 g/mol. The first-order valence-corrected chi connectivity index (χ1v) is 6.76. The Labute approximate surface area is 124 Å². The van der Waals surface area contributed by atoms with E-state index in [9.17, 15) is 4.79 Å². The van der Waals surface area contributed by atoms with E-state index in [1.807, 2.05) is 19.1 Å². The van der Waals surface area contributed by atoms with Crippen LogP contribution in [-0.2, 0) is 16.1 Å². The lowest BCUT2D eigenvalue weighted by Crippen LogP contribution is -2.40. The van der Waals surface area contributed by atoms with Crippen LogP contribution in [0.2, 0.25) is 5.02 Å². The van der Waals surface area contributed by atoms with Crippen LogP contribution in [0.4, 0.5) is 0 Å². The van der Waals surface area contributed by atoms with E-state index in [1.165, 1.54) is 0 Å². The Kier molecular flexibility index (Phi) is 7.36. The minimum absolute atomic E-state index is 0.0100. The van der Waals surface area contributed by atoms with Gasteiger partial charge in [-0.25, -0.2) is 0 Å². The van der Waals surface area contributed by atoms with E-state index in [1.54, 1.807) is 20.3 Å². The molecular formula is C14H21ClN2O3. The highest BCUT2D eigenvalue weighted by molar-refractivity contribution is 6.31. The third kappa shape index (κ3) is 5.36. The molecule has 1 rings (SSSR count). The van der Waals surface area contributed by atoms with Crippen molar-refractivity contribution in [2.24, 2.45) is 0 Å². The molecule has 112 valence electrons. The highest BCUT2D eigenvalue weighted by Crippen LogP contribution is 2.25. The fourth-order valence-electron chi connectivity index (χ4n) is 1.82. The number of methoxy groups -OCH3 is 2. The van der Waals surface area contributed by atoms with Crippen molar-refractivity contribution in [3.05, 3.63) is 28.8 Å². The van der Waals surface area contributed by atoms with Crippen LogP contribution < -0.4 is 15.4 Å². The van der Waals surface area contributed by atoms with Gasteiger partial charge < -0.3 is 20.1 Å². The molecule has 2 N–H and O–H groups in total. The van der Waals surface area contributed by atoms with Crippen LogP contribution in [0.5, 0.6) is 5.75 Å². The lowest BCUT2D eigenvalue weighted by molar-refractivity contribution is -0.121. The molecule has 0 aliphatic rings. The Hall–Kier alpha value is -1.30. The van der Waals surface area contributed by atoms with Crippen molar-refractivity contribution in [1.29, 1.82) is 0 Å². The second kappa shape index (κ2) is 8.79. The van der Waals surface area contributed by atoms with Crippen molar-refractivity contribution in [2.75, 3.05) is 27.4 Å². The standard InChI is InChI=1S/C14H21ClN2O3/c1-10(9-19-2)17-14(18)8-16-7-11-12(15)5-4-6-13(11)20-3/h4-6,10,16H,7-9H2,1-3H3,(H,17,18). The summed E-state index contributed by atoms with van der Waals surface area (Å²) >= 11 is 6.11. The SMILES string of the molecule is COCC(C)NC(=O)CNCc1c(Cl)cccc1OC. The number of hydrogen-bond donors (Lipinski definition) is 2. The Morgan fingerprint density at radius 1 is 1.40 bits per heavy atom. The molecule has 0 saturated carbocycles. The van der Waals surface area contributed by atoms with Crippen LogP contribution in [0, 0.1) is 0 Å². The molecule has 0 aliphatic heterocycles. The fraction of sp³-hybridized carbons (Fsp3) is 0.500. The molecule has 0 radical (unpaired) electrons. The molecule has 20 heavy (non-hydrogen) atoms. The zero-order valence-electron chi connectivity index (χ0n) is 12.0. The van der Waals surface area contributed by atoms with Crippen molar-refractivity contribution >= 4 is 17.5 Å². The monoisotopic (exact) mass is 300 g/mol. The third-order valence-corrected chi connectivity index (χ3v) is 3.06. The zero-order valence-corrected chi connectivity index (χ0v) is 12.8. The van der Waals surface area contributed by atoms with E-state index < -0.39 is 0 Å². The summed E-state index contributed by atoms with van der Waals surface area (Å²) < 4.78 is 10.2. The number of carbonyl (C=O) groups excluding carboxylic acids is 1. The number of rotatable bonds is 8. The molecule has 5 nitrogen and oxygen atoms in total. The largest absolute Gasteiger partial charge is 0.496 e. The summed E-state index contributed by atoms with van der Waals surface area (Å²) in [6, 6.07) is 5.44. The van der Waals surface area contributed by atoms with Gasteiger partial charge in [0.25, 0.3) is 0 Å². The number of hydrogen-bond acceptors (Lipinski definition) is 4. The molecule has 1 atom stereocenters. The van der Waals surface area contributed by atoms with Crippen LogP contribution in [-0.4, -0.2) is 39.3 Å².